The minimum Gasteiger partial charge on any atom is -0.325 e. The van der Waals surface area contributed by atoms with E-state index in [2.05, 4.69) is 22.4 Å². The molecule has 1 N–H and O–H groups in total. The summed E-state index contributed by atoms with van der Waals surface area (Å²) in [7, 11) is 0. The molecule has 0 saturated heterocycles. The molecule has 0 bridgehead atoms. The minimum absolute atomic E-state index is 0.0618. The summed E-state index contributed by atoms with van der Waals surface area (Å²) in [6, 6.07) is 19.2. The lowest BCUT2D eigenvalue weighted by molar-refractivity contribution is -0.116. The maximum absolute atomic E-state index is 12.5. The maximum atomic E-state index is 12.5. The number of benzene rings is 2. The van der Waals surface area contributed by atoms with Gasteiger partial charge in [0.25, 0.3) is 5.56 Å². The number of anilines is 1. The Labute approximate surface area is 168 Å². The van der Waals surface area contributed by atoms with Crippen LogP contribution in [0.15, 0.2) is 70.6 Å². The quantitative estimate of drug-likeness (QED) is 0.489. The number of nitrogens with one attached hydrogen (secondary N) is 1. The smallest absolute Gasteiger partial charge is 0.254 e. The number of nitrogens with zero attached hydrogens (tertiary/aromatic N) is 2. The molecule has 1 amide bonds. The fourth-order valence-corrected chi connectivity index (χ4v) is 3.78. The predicted octanol–water partition coefficient (Wildman–Crippen LogP) is 3.83. The Kier molecular flexibility index (Phi) is 6.66. The first-order valence-corrected chi connectivity index (χ1v) is 10.1. The summed E-state index contributed by atoms with van der Waals surface area (Å²) >= 11 is 1.49. The van der Waals surface area contributed by atoms with Crippen molar-refractivity contribution in [2.24, 2.45) is 0 Å². The normalized spacial score (nSPS) is 10.6. The van der Waals surface area contributed by atoms with Crippen molar-refractivity contribution in [2.45, 2.75) is 32.0 Å². The molecule has 0 radical (unpaired) electrons. The fourth-order valence-electron chi connectivity index (χ4n) is 2.74. The van der Waals surface area contributed by atoms with Crippen LogP contribution in [-0.2, 0) is 17.8 Å². The van der Waals surface area contributed by atoms with Crippen LogP contribution < -0.4 is 10.9 Å². The van der Waals surface area contributed by atoms with Crippen molar-refractivity contribution < 1.29 is 4.79 Å². The van der Waals surface area contributed by atoms with Crippen molar-refractivity contribution >= 4 is 23.4 Å². The molecule has 0 spiro atoms. The molecule has 1 heterocycles. The summed E-state index contributed by atoms with van der Waals surface area (Å²) in [4.78, 5) is 29.4. The molecule has 3 rings (SSSR count). The Hall–Kier alpha value is -2.86. The highest BCUT2D eigenvalue weighted by atomic mass is 32.2. The fraction of sp³-hybridized carbons (Fsp3) is 0.227. The second-order valence-corrected chi connectivity index (χ2v) is 7.66. The van der Waals surface area contributed by atoms with E-state index in [1.54, 1.807) is 6.92 Å². The second kappa shape index (κ2) is 9.37. The van der Waals surface area contributed by atoms with Crippen LogP contribution in [0.2, 0.25) is 0 Å². The molecule has 1 aromatic heterocycles. The van der Waals surface area contributed by atoms with Crippen LogP contribution in [0.25, 0.3) is 0 Å². The monoisotopic (exact) mass is 393 g/mol. The van der Waals surface area contributed by atoms with Gasteiger partial charge in [0, 0.05) is 23.2 Å². The summed E-state index contributed by atoms with van der Waals surface area (Å²) in [5.41, 5.74) is 3.50. The van der Waals surface area contributed by atoms with E-state index in [0.29, 0.717) is 16.5 Å². The summed E-state index contributed by atoms with van der Waals surface area (Å²) < 4.78 is 1.44. The number of carbonyl (C=O) groups is 1. The highest BCUT2D eigenvalue weighted by Crippen LogP contribution is 2.17. The van der Waals surface area contributed by atoms with Gasteiger partial charge in [-0.2, -0.15) is 0 Å². The zero-order valence-electron chi connectivity index (χ0n) is 16.0. The van der Waals surface area contributed by atoms with E-state index in [9.17, 15) is 9.59 Å². The number of rotatable bonds is 7. The Morgan fingerprint density at radius 1 is 1.07 bits per heavy atom. The molecular weight excluding hydrogens is 370 g/mol. The van der Waals surface area contributed by atoms with E-state index in [-0.39, 0.29) is 18.0 Å². The molecule has 0 aliphatic rings. The van der Waals surface area contributed by atoms with Crippen molar-refractivity contribution in [1.82, 2.24) is 9.55 Å². The minimum atomic E-state index is -0.249. The lowest BCUT2D eigenvalue weighted by Crippen LogP contribution is -2.29. The van der Waals surface area contributed by atoms with Gasteiger partial charge in [-0.25, -0.2) is 4.98 Å². The first kappa shape index (κ1) is 19.9. The molecule has 144 valence electrons. The van der Waals surface area contributed by atoms with Gasteiger partial charge in [0.05, 0.1) is 0 Å². The van der Waals surface area contributed by atoms with Crippen LogP contribution >= 0.6 is 11.8 Å². The Bertz CT molecular complexity index is 999. The van der Waals surface area contributed by atoms with E-state index in [4.69, 9.17) is 0 Å². The number of carbonyl (C=O) groups excluding carboxylic acids is 1. The first-order chi connectivity index (χ1) is 13.5. The van der Waals surface area contributed by atoms with Gasteiger partial charge in [-0.3, -0.25) is 14.2 Å². The van der Waals surface area contributed by atoms with Crippen LogP contribution in [0.1, 0.15) is 16.8 Å². The van der Waals surface area contributed by atoms with Crippen molar-refractivity contribution in [3.8, 4) is 0 Å². The average Bonchev–Trinajstić information content (AvgIpc) is 2.67. The summed E-state index contributed by atoms with van der Waals surface area (Å²) in [5, 5.41) is 3.40. The molecular formula is C22H23N3O2S. The van der Waals surface area contributed by atoms with Crippen LogP contribution in [0.3, 0.4) is 0 Å². The number of amides is 1. The van der Waals surface area contributed by atoms with Crippen LogP contribution in [0.5, 0.6) is 0 Å². The van der Waals surface area contributed by atoms with Crippen LogP contribution in [-0.4, -0.2) is 21.2 Å². The van der Waals surface area contributed by atoms with Gasteiger partial charge in [0.2, 0.25) is 5.91 Å². The number of aryl methyl sites for hydroxylation is 3. The lowest BCUT2D eigenvalue weighted by atomic mass is 10.2. The highest BCUT2D eigenvalue weighted by molar-refractivity contribution is 7.99. The van der Waals surface area contributed by atoms with Gasteiger partial charge in [-0.15, -0.1) is 0 Å². The molecule has 3 aromatic rings. The zero-order chi connectivity index (χ0) is 19.9. The third kappa shape index (κ3) is 5.57. The van der Waals surface area contributed by atoms with Crippen molar-refractivity contribution in [2.75, 3.05) is 11.1 Å². The summed E-state index contributed by atoms with van der Waals surface area (Å²) in [6.07, 6.45) is 0.866. The van der Waals surface area contributed by atoms with Gasteiger partial charge < -0.3 is 5.32 Å². The van der Waals surface area contributed by atoms with Gasteiger partial charge in [-0.05, 0) is 38.0 Å². The topological polar surface area (TPSA) is 64.0 Å². The standard InChI is InChI=1S/C22H23N3O2S/c1-16-8-10-19(11-9-16)24-20(26)15-25-21(27)14-17(2)23-22(25)28-13-12-18-6-4-3-5-7-18/h3-11,14H,12-13,15H2,1-2H3,(H,24,26). The van der Waals surface area contributed by atoms with Gasteiger partial charge >= 0.3 is 0 Å². The number of hydrogen-bond donors (Lipinski definition) is 1. The van der Waals surface area contributed by atoms with Crippen LogP contribution in [0, 0.1) is 13.8 Å². The number of aromatic nitrogens is 2. The molecule has 5 nitrogen and oxygen atoms in total. The van der Waals surface area contributed by atoms with E-state index in [1.807, 2.05) is 49.4 Å². The average molecular weight is 394 g/mol. The molecule has 0 aliphatic heterocycles. The number of thioether (sulfide) groups is 1. The van der Waals surface area contributed by atoms with Crippen molar-refractivity contribution in [1.29, 1.82) is 0 Å². The zero-order valence-corrected chi connectivity index (χ0v) is 16.8. The van der Waals surface area contributed by atoms with E-state index >= 15 is 0 Å². The van der Waals surface area contributed by atoms with E-state index in [1.165, 1.54) is 28.0 Å². The highest BCUT2D eigenvalue weighted by Gasteiger charge is 2.12. The molecule has 6 heteroatoms. The lowest BCUT2D eigenvalue weighted by Gasteiger charge is -2.12. The molecule has 0 fully saturated rings. The number of hydrogen-bond acceptors (Lipinski definition) is 4. The first-order valence-electron chi connectivity index (χ1n) is 9.13. The van der Waals surface area contributed by atoms with Gasteiger partial charge in [-0.1, -0.05) is 59.8 Å². The molecule has 2 aromatic carbocycles. The Morgan fingerprint density at radius 2 is 1.79 bits per heavy atom. The maximum Gasteiger partial charge on any atom is 0.254 e. The van der Waals surface area contributed by atoms with E-state index < -0.39 is 0 Å². The van der Waals surface area contributed by atoms with Crippen LogP contribution in [0.4, 0.5) is 5.69 Å². The molecule has 0 saturated carbocycles. The Morgan fingerprint density at radius 3 is 2.50 bits per heavy atom. The SMILES string of the molecule is Cc1ccc(NC(=O)Cn2c(SCCc3ccccc3)nc(C)cc2=O)cc1. The molecule has 0 aliphatic carbocycles. The van der Waals surface area contributed by atoms with Crippen molar-refractivity contribution in [3.63, 3.8) is 0 Å². The third-order valence-corrected chi connectivity index (χ3v) is 5.18. The second-order valence-electron chi connectivity index (χ2n) is 6.60. The molecule has 28 heavy (non-hydrogen) atoms. The van der Waals surface area contributed by atoms with E-state index in [0.717, 1.165) is 17.7 Å². The molecule has 0 atom stereocenters. The third-order valence-electron chi connectivity index (χ3n) is 4.20. The predicted molar refractivity (Wildman–Crippen MR) is 114 cm³/mol. The largest absolute Gasteiger partial charge is 0.325 e. The van der Waals surface area contributed by atoms with Crippen molar-refractivity contribution in [3.05, 3.63) is 87.8 Å². The Balaban J connectivity index is 1.69. The molecule has 0 unspecified atom stereocenters. The van der Waals surface area contributed by atoms with Gasteiger partial charge in [0.15, 0.2) is 5.16 Å². The summed E-state index contributed by atoms with van der Waals surface area (Å²) in [5.74, 6) is 0.529. The summed E-state index contributed by atoms with van der Waals surface area (Å²) in [6.45, 7) is 3.72. The van der Waals surface area contributed by atoms with Gasteiger partial charge in [0.1, 0.15) is 6.54 Å².